The van der Waals surface area contributed by atoms with E-state index < -0.39 is 5.92 Å². The Hall–Kier alpha value is -2.82. The fraction of sp³-hybridized carbons (Fsp3) is 0.263. The van der Waals surface area contributed by atoms with Crippen LogP contribution >= 0.6 is 0 Å². The molecule has 0 bridgehead atoms. The van der Waals surface area contributed by atoms with Gasteiger partial charge in [0.1, 0.15) is 12.4 Å². The quantitative estimate of drug-likeness (QED) is 0.793. The molecule has 24 heavy (non-hydrogen) atoms. The SMILES string of the molecule is COc1ccccc1N1C[C@H](C(=O)OCc2ccccc2)CC1=O. The van der Waals surface area contributed by atoms with Gasteiger partial charge in [-0.15, -0.1) is 0 Å². The Morgan fingerprint density at radius 3 is 2.58 bits per heavy atom. The van der Waals surface area contributed by atoms with Gasteiger partial charge in [0.05, 0.1) is 18.7 Å². The zero-order valence-corrected chi connectivity index (χ0v) is 13.5. The largest absolute Gasteiger partial charge is 0.495 e. The molecule has 1 aliphatic rings. The standard InChI is InChI=1S/C19H19NO4/c1-23-17-10-6-5-9-16(17)20-12-15(11-18(20)21)19(22)24-13-14-7-3-2-4-8-14/h2-10,15H,11-13H2,1H3/t15-/m1/s1. The Labute approximate surface area is 140 Å². The Balaban J connectivity index is 1.65. The van der Waals surface area contributed by atoms with Gasteiger partial charge in [-0.25, -0.2) is 0 Å². The van der Waals surface area contributed by atoms with Crippen LogP contribution in [-0.2, 0) is 20.9 Å². The van der Waals surface area contributed by atoms with Crippen molar-refractivity contribution < 1.29 is 19.1 Å². The molecule has 0 aliphatic carbocycles. The molecule has 0 aromatic heterocycles. The summed E-state index contributed by atoms with van der Waals surface area (Å²) in [4.78, 5) is 26.1. The number of hydrogen-bond acceptors (Lipinski definition) is 4. The highest BCUT2D eigenvalue weighted by molar-refractivity contribution is 6.00. The number of carbonyl (C=O) groups excluding carboxylic acids is 2. The molecule has 1 fully saturated rings. The molecule has 2 aromatic rings. The highest BCUT2D eigenvalue weighted by Crippen LogP contribution is 2.33. The molecule has 1 heterocycles. The van der Waals surface area contributed by atoms with E-state index in [2.05, 4.69) is 0 Å². The van der Waals surface area contributed by atoms with Gasteiger partial charge in [-0.2, -0.15) is 0 Å². The predicted octanol–water partition coefficient (Wildman–Crippen LogP) is 2.79. The van der Waals surface area contributed by atoms with Gasteiger partial charge in [0.15, 0.2) is 0 Å². The second kappa shape index (κ2) is 7.17. The molecule has 0 N–H and O–H groups in total. The first kappa shape index (κ1) is 16.1. The molecular weight excluding hydrogens is 306 g/mol. The van der Waals surface area contributed by atoms with Crippen LogP contribution in [0.25, 0.3) is 0 Å². The lowest BCUT2D eigenvalue weighted by Crippen LogP contribution is -2.26. The van der Waals surface area contributed by atoms with Crippen molar-refractivity contribution in [3.8, 4) is 5.75 Å². The summed E-state index contributed by atoms with van der Waals surface area (Å²) in [6.45, 7) is 0.534. The lowest BCUT2D eigenvalue weighted by atomic mass is 10.1. The lowest BCUT2D eigenvalue weighted by molar-refractivity contribution is -0.149. The third-order valence-electron chi connectivity index (χ3n) is 4.06. The average molecular weight is 325 g/mol. The maximum atomic E-state index is 12.3. The Bertz CT molecular complexity index is 729. The summed E-state index contributed by atoms with van der Waals surface area (Å²) in [6.07, 6.45) is 0.158. The van der Waals surface area contributed by atoms with Crippen molar-refractivity contribution >= 4 is 17.6 Å². The number of benzene rings is 2. The van der Waals surface area contributed by atoms with Crippen molar-refractivity contribution in [3.63, 3.8) is 0 Å². The average Bonchev–Trinajstić information content (AvgIpc) is 3.02. The maximum absolute atomic E-state index is 12.3. The molecule has 1 aliphatic heterocycles. The number of ether oxygens (including phenoxy) is 2. The first-order valence-corrected chi connectivity index (χ1v) is 7.83. The number of nitrogens with zero attached hydrogens (tertiary/aromatic N) is 1. The van der Waals surface area contributed by atoms with E-state index in [4.69, 9.17) is 9.47 Å². The Morgan fingerprint density at radius 2 is 1.83 bits per heavy atom. The molecule has 124 valence electrons. The van der Waals surface area contributed by atoms with Crippen molar-refractivity contribution in [2.24, 2.45) is 5.92 Å². The first-order chi connectivity index (χ1) is 11.7. The molecule has 0 unspecified atom stereocenters. The van der Waals surface area contributed by atoms with Crippen molar-refractivity contribution in [2.45, 2.75) is 13.0 Å². The summed E-state index contributed by atoms with van der Waals surface area (Å²) in [7, 11) is 1.56. The molecule has 0 radical (unpaired) electrons. The molecule has 2 aromatic carbocycles. The third-order valence-corrected chi connectivity index (χ3v) is 4.06. The fourth-order valence-corrected chi connectivity index (χ4v) is 2.80. The maximum Gasteiger partial charge on any atom is 0.311 e. The predicted molar refractivity (Wildman–Crippen MR) is 89.7 cm³/mol. The number of anilines is 1. The molecule has 3 rings (SSSR count). The van der Waals surface area contributed by atoms with Gasteiger partial charge < -0.3 is 14.4 Å². The molecule has 0 saturated carbocycles. The number of carbonyl (C=O) groups is 2. The van der Waals surface area contributed by atoms with Crippen molar-refractivity contribution in [1.29, 1.82) is 0 Å². The van der Waals surface area contributed by atoms with E-state index in [1.165, 1.54) is 0 Å². The number of hydrogen-bond donors (Lipinski definition) is 0. The molecule has 0 spiro atoms. The highest BCUT2D eigenvalue weighted by atomic mass is 16.5. The van der Waals surface area contributed by atoms with Crippen LogP contribution in [0.3, 0.4) is 0 Å². The second-order valence-electron chi connectivity index (χ2n) is 5.67. The van der Waals surface area contributed by atoms with Gasteiger partial charge in [0.25, 0.3) is 0 Å². The number of para-hydroxylation sites is 2. The Morgan fingerprint density at radius 1 is 1.12 bits per heavy atom. The van der Waals surface area contributed by atoms with E-state index in [0.29, 0.717) is 18.0 Å². The highest BCUT2D eigenvalue weighted by Gasteiger charge is 2.37. The van der Waals surface area contributed by atoms with E-state index in [1.54, 1.807) is 18.1 Å². The first-order valence-electron chi connectivity index (χ1n) is 7.83. The van der Waals surface area contributed by atoms with Gasteiger partial charge in [0, 0.05) is 13.0 Å². The summed E-state index contributed by atoms with van der Waals surface area (Å²) >= 11 is 0. The van der Waals surface area contributed by atoms with Gasteiger partial charge >= 0.3 is 5.97 Å². The van der Waals surface area contributed by atoms with E-state index in [1.807, 2.05) is 48.5 Å². The minimum Gasteiger partial charge on any atom is -0.495 e. The normalized spacial score (nSPS) is 17.0. The lowest BCUT2D eigenvalue weighted by Gasteiger charge is -2.19. The molecular formula is C19H19NO4. The van der Waals surface area contributed by atoms with Crippen LogP contribution in [0.2, 0.25) is 0 Å². The molecule has 5 heteroatoms. The zero-order valence-electron chi connectivity index (χ0n) is 13.5. The summed E-state index contributed by atoms with van der Waals surface area (Å²) in [5, 5.41) is 0. The van der Waals surface area contributed by atoms with Crippen LogP contribution in [0.1, 0.15) is 12.0 Å². The smallest absolute Gasteiger partial charge is 0.311 e. The van der Waals surface area contributed by atoms with Gasteiger partial charge in [0.2, 0.25) is 5.91 Å². The van der Waals surface area contributed by atoms with Crippen LogP contribution in [-0.4, -0.2) is 25.5 Å². The van der Waals surface area contributed by atoms with Crippen LogP contribution < -0.4 is 9.64 Å². The second-order valence-corrected chi connectivity index (χ2v) is 5.67. The summed E-state index contributed by atoms with van der Waals surface area (Å²) in [5.74, 6) is -0.277. The minimum atomic E-state index is -0.453. The molecule has 5 nitrogen and oxygen atoms in total. The van der Waals surface area contributed by atoms with Gasteiger partial charge in [-0.1, -0.05) is 42.5 Å². The number of amides is 1. The van der Waals surface area contributed by atoms with E-state index >= 15 is 0 Å². The summed E-state index contributed by atoms with van der Waals surface area (Å²) in [5.41, 5.74) is 1.61. The summed E-state index contributed by atoms with van der Waals surface area (Å²) in [6, 6.07) is 16.8. The molecule has 1 saturated heterocycles. The minimum absolute atomic E-state index is 0.0961. The summed E-state index contributed by atoms with van der Waals surface area (Å²) < 4.78 is 10.6. The van der Waals surface area contributed by atoms with Gasteiger partial charge in [-0.05, 0) is 17.7 Å². The third kappa shape index (κ3) is 3.40. The van der Waals surface area contributed by atoms with Crippen LogP contribution in [0.4, 0.5) is 5.69 Å². The van der Waals surface area contributed by atoms with Crippen LogP contribution in [0, 0.1) is 5.92 Å². The molecule has 1 atom stereocenters. The van der Waals surface area contributed by atoms with E-state index in [-0.39, 0.29) is 24.9 Å². The van der Waals surface area contributed by atoms with Gasteiger partial charge in [-0.3, -0.25) is 9.59 Å². The van der Waals surface area contributed by atoms with E-state index in [9.17, 15) is 9.59 Å². The number of methoxy groups -OCH3 is 1. The Kier molecular flexibility index (Phi) is 4.79. The topological polar surface area (TPSA) is 55.8 Å². The van der Waals surface area contributed by atoms with E-state index in [0.717, 1.165) is 5.56 Å². The van der Waals surface area contributed by atoms with Crippen molar-refractivity contribution in [2.75, 3.05) is 18.6 Å². The monoisotopic (exact) mass is 325 g/mol. The fourth-order valence-electron chi connectivity index (χ4n) is 2.80. The molecule has 1 amide bonds. The zero-order chi connectivity index (χ0) is 16.9. The number of esters is 1. The van der Waals surface area contributed by atoms with Crippen molar-refractivity contribution in [1.82, 2.24) is 0 Å². The van der Waals surface area contributed by atoms with Crippen LogP contribution in [0.15, 0.2) is 54.6 Å². The number of rotatable bonds is 5. The van der Waals surface area contributed by atoms with Crippen LogP contribution in [0.5, 0.6) is 5.75 Å². The van der Waals surface area contributed by atoms with Crippen molar-refractivity contribution in [3.05, 3.63) is 60.2 Å².